The van der Waals surface area contributed by atoms with E-state index in [1.165, 1.54) is 6.07 Å². The fourth-order valence-electron chi connectivity index (χ4n) is 3.10. The van der Waals surface area contributed by atoms with E-state index in [4.69, 9.17) is 4.74 Å². The molecule has 0 fully saturated rings. The third-order valence-electron chi connectivity index (χ3n) is 4.52. The first kappa shape index (κ1) is 21.4. The van der Waals surface area contributed by atoms with Crippen LogP contribution in [0.3, 0.4) is 0 Å². The summed E-state index contributed by atoms with van der Waals surface area (Å²) in [6.45, 7) is -1.46. The Bertz CT molecular complexity index is 892. The summed E-state index contributed by atoms with van der Waals surface area (Å²) in [5, 5.41) is 6.23. The predicted molar refractivity (Wildman–Crippen MR) is 110 cm³/mol. The molecular formula is C21H24F2N4O3. The smallest absolute Gasteiger partial charge is 0.387 e. The zero-order valence-electron chi connectivity index (χ0n) is 16.6. The monoisotopic (exact) mass is 418 g/mol. The number of nitrogens with zero attached hydrogens (tertiary/aromatic N) is 2. The number of nitrogens with one attached hydrogen (secondary N) is 2. The number of fused-ring (bicyclic) bond motifs is 1. The molecule has 0 saturated heterocycles. The van der Waals surface area contributed by atoms with Crippen LogP contribution in [0, 0.1) is 0 Å². The van der Waals surface area contributed by atoms with Gasteiger partial charge >= 0.3 is 6.61 Å². The van der Waals surface area contributed by atoms with Crippen LogP contribution in [0.15, 0.2) is 53.5 Å². The number of amides is 1. The number of rotatable bonds is 8. The molecule has 0 spiro atoms. The summed E-state index contributed by atoms with van der Waals surface area (Å²) in [6, 6.07) is 14.0. The van der Waals surface area contributed by atoms with Gasteiger partial charge in [0.25, 0.3) is 5.91 Å². The summed E-state index contributed by atoms with van der Waals surface area (Å²) in [6.07, 6.45) is 0.686. The molecule has 0 unspecified atom stereocenters. The van der Waals surface area contributed by atoms with E-state index in [0.717, 1.165) is 5.69 Å². The van der Waals surface area contributed by atoms with Gasteiger partial charge in [0.1, 0.15) is 11.5 Å². The Hall–Kier alpha value is -3.36. The highest BCUT2D eigenvalue weighted by Crippen LogP contribution is 2.31. The summed E-state index contributed by atoms with van der Waals surface area (Å²) >= 11 is 0. The van der Waals surface area contributed by atoms with Crippen LogP contribution < -0.4 is 25.0 Å². The lowest BCUT2D eigenvalue weighted by Crippen LogP contribution is -2.42. The predicted octanol–water partition coefficient (Wildman–Crippen LogP) is 2.77. The van der Waals surface area contributed by atoms with Crippen LogP contribution in [0.2, 0.25) is 0 Å². The fraction of sp³-hybridized carbons (Fsp3) is 0.333. The molecule has 0 bridgehead atoms. The minimum absolute atomic E-state index is 0.0355. The summed E-state index contributed by atoms with van der Waals surface area (Å²) in [4.78, 5) is 18.0. The maximum Gasteiger partial charge on any atom is 0.387 e. The molecule has 30 heavy (non-hydrogen) atoms. The van der Waals surface area contributed by atoms with Gasteiger partial charge in [-0.1, -0.05) is 30.3 Å². The van der Waals surface area contributed by atoms with Gasteiger partial charge < -0.3 is 25.0 Å². The van der Waals surface area contributed by atoms with Crippen molar-refractivity contribution in [3.05, 3.63) is 54.1 Å². The molecule has 1 amide bonds. The topological polar surface area (TPSA) is 75.2 Å². The Labute approximate surface area is 173 Å². The van der Waals surface area contributed by atoms with E-state index in [0.29, 0.717) is 36.8 Å². The lowest BCUT2D eigenvalue weighted by molar-refractivity contribution is -0.121. The third kappa shape index (κ3) is 5.59. The van der Waals surface area contributed by atoms with E-state index in [-0.39, 0.29) is 24.8 Å². The Morgan fingerprint density at radius 3 is 2.77 bits per heavy atom. The summed E-state index contributed by atoms with van der Waals surface area (Å²) < 4.78 is 35.0. The van der Waals surface area contributed by atoms with Gasteiger partial charge in [-0.25, -0.2) is 0 Å². The van der Waals surface area contributed by atoms with E-state index in [9.17, 15) is 13.6 Å². The average molecular weight is 418 g/mol. The molecule has 0 saturated carbocycles. The number of hydrogen-bond donors (Lipinski definition) is 2. The van der Waals surface area contributed by atoms with Crippen LogP contribution in [0.4, 0.5) is 14.5 Å². The van der Waals surface area contributed by atoms with E-state index in [1.807, 2.05) is 24.3 Å². The van der Waals surface area contributed by atoms with Crippen molar-refractivity contribution in [1.82, 2.24) is 10.6 Å². The number of carbonyl (C=O) groups excluding carboxylic acids is 1. The third-order valence-corrected chi connectivity index (χ3v) is 4.52. The standard InChI is InChI=1S/C21H24F2N4O3/c1-24-21(26-13-15-7-2-4-9-17(15)30-20(22)23)25-11-6-12-27-16-8-3-5-10-18(16)29-14-19(27)28/h2-5,7-10,20H,6,11-14H2,1H3,(H2,24,25,26). The highest BCUT2D eigenvalue weighted by molar-refractivity contribution is 5.97. The molecule has 0 radical (unpaired) electrons. The molecule has 1 aliphatic heterocycles. The molecule has 0 aromatic heterocycles. The average Bonchev–Trinajstić information content (AvgIpc) is 2.75. The number of alkyl halides is 2. The number of halogens is 2. The van der Waals surface area contributed by atoms with Gasteiger partial charge in [0.15, 0.2) is 12.6 Å². The van der Waals surface area contributed by atoms with Crippen LogP contribution in [0.5, 0.6) is 11.5 Å². The number of anilines is 1. The van der Waals surface area contributed by atoms with Crippen molar-refractivity contribution in [2.75, 3.05) is 31.6 Å². The number of carbonyl (C=O) groups is 1. The SMILES string of the molecule is CN=C(NCCCN1C(=O)COc2ccccc21)NCc1ccccc1OC(F)F. The normalized spacial score (nSPS) is 13.7. The van der Waals surface area contributed by atoms with Crippen molar-refractivity contribution in [1.29, 1.82) is 0 Å². The second-order valence-electron chi connectivity index (χ2n) is 6.49. The first-order valence-electron chi connectivity index (χ1n) is 9.58. The number of guanidine groups is 1. The van der Waals surface area contributed by atoms with Crippen LogP contribution in [-0.2, 0) is 11.3 Å². The zero-order valence-corrected chi connectivity index (χ0v) is 16.6. The number of hydrogen-bond acceptors (Lipinski definition) is 4. The van der Waals surface area contributed by atoms with Crippen molar-refractivity contribution < 1.29 is 23.0 Å². The van der Waals surface area contributed by atoms with Crippen LogP contribution in [0.1, 0.15) is 12.0 Å². The van der Waals surface area contributed by atoms with Crippen molar-refractivity contribution in [3.63, 3.8) is 0 Å². The van der Waals surface area contributed by atoms with Crippen molar-refractivity contribution in [2.24, 2.45) is 4.99 Å². The van der Waals surface area contributed by atoms with Crippen molar-refractivity contribution in [3.8, 4) is 11.5 Å². The maximum atomic E-state index is 12.5. The number of para-hydroxylation sites is 3. The molecular weight excluding hydrogens is 394 g/mol. The number of ether oxygens (including phenoxy) is 2. The molecule has 7 nitrogen and oxygen atoms in total. The Morgan fingerprint density at radius 1 is 1.20 bits per heavy atom. The zero-order chi connectivity index (χ0) is 21.3. The second-order valence-corrected chi connectivity index (χ2v) is 6.49. The van der Waals surface area contributed by atoms with Crippen LogP contribution in [0.25, 0.3) is 0 Å². The number of benzene rings is 2. The second kappa shape index (κ2) is 10.4. The van der Waals surface area contributed by atoms with Gasteiger partial charge in [-0.15, -0.1) is 0 Å². The van der Waals surface area contributed by atoms with Gasteiger partial charge in [-0.2, -0.15) is 8.78 Å². The summed E-state index contributed by atoms with van der Waals surface area (Å²) in [5.74, 6) is 1.27. The van der Waals surface area contributed by atoms with Crippen LogP contribution >= 0.6 is 0 Å². The molecule has 1 aliphatic rings. The van der Waals surface area contributed by atoms with Crippen molar-refractivity contribution >= 4 is 17.6 Å². The highest BCUT2D eigenvalue weighted by Gasteiger charge is 2.24. The fourth-order valence-corrected chi connectivity index (χ4v) is 3.10. The summed E-state index contributed by atoms with van der Waals surface area (Å²) in [5.41, 5.74) is 1.36. The van der Waals surface area contributed by atoms with Gasteiger partial charge in [-0.3, -0.25) is 9.79 Å². The van der Waals surface area contributed by atoms with E-state index in [1.54, 1.807) is 30.1 Å². The van der Waals surface area contributed by atoms with Gasteiger partial charge in [0.05, 0.1) is 5.69 Å². The first-order chi connectivity index (χ1) is 14.6. The van der Waals surface area contributed by atoms with Crippen molar-refractivity contribution in [2.45, 2.75) is 19.6 Å². The molecule has 2 aromatic carbocycles. The van der Waals surface area contributed by atoms with Crippen LogP contribution in [-0.4, -0.2) is 45.2 Å². The van der Waals surface area contributed by atoms with Gasteiger partial charge in [-0.05, 0) is 24.6 Å². The van der Waals surface area contributed by atoms with Gasteiger partial charge in [0.2, 0.25) is 0 Å². The molecule has 2 aromatic rings. The maximum absolute atomic E-state index is 12.5. The Balaban J connectivity index is 1.47. The Kier molecular flexibility index (Phi) is 7.42. The molecule has 0 atom stereocenters. The molecule has 9 heteroatoms. The Morgan fingerprint density at radius 2 is 1.97 bits per heavy atom. The highest BCUT2D eigenvalue weighted by atomic mass is 19.3. The molecule has 2 N–H and O–H groups in total. The quantitative estimate of drug-likeness (QED) is 0.392. The molecule has 160 valence electrons. The summed E-state index contributed by atoms with van der Waals surface area (Å²) in [7, 11) is 1.62. The molecule has 0 aliphatic carbocycles. The van der Waals surface area contributed by atoms with Gasteiger partial charge in [0, 0.05) is 32.2 Å². The largest absolute Gasteiger partial charge is 0.482 e. The lowest BCUT2D eigenvalue weighted by atomic mass is 10.2. The molecule has 3 rings (SSSR count). The minimum atomic E-state index is -2.88. The lowest BCUT2D eigenvalue weighted by Gasteiger charge is -2.29. The number of aliphatic imine (C=N–C) groups is 1. The van der Waals surface area contributed by atoms with E-state index < -0.39 is 6.61 Å². The first-order valence-corrected chi connectivity index (χ1v) is 9.58. The molecule has 1 heterocycles. The van der Waals surface area contributed by atoms with E-state index in [2.05, 4.69) is 20.4 Å². The minimum Gasteiger partial charge on any atom is -0.482 e. The van der Waals surface area contributed by atoms with E-state index >= 15 is 0 Å².